The molecule has 1 atom stereocenters. The molecule has 0 aliphatic heterocycles. The Kier molecular flexibility index (Phi) is 4.04. The third-order valence-electron chi connectivity index (χ3n) is 2.95. The van der Waals surface area contributed by atoms with Crippen molar-refractivity contribution in [3.8, 4) is 0 Å². The predicted octanol–water partition coefficient (Wildman–Crippen LogP) is 2.82. The van der Waals surface area contributed by atoms with E-state index < -0.39 is 6.10 Å². The van der Waals surface area contributed by atoms with Crippen molar-refractivity contribution in [2.24, 2.45) is 0 Å². The molecule has 0 fully saturated rings. The molecule has 2 aromatic rings. The molecule has 1 N–H and O–H groups in total. The van der Waals surface area contributed by atoms with Crippen LogP contribution < -0.4 is 0 Å². The lowest BCUT2D eigenvalue weighted by Crippen LogP contribution is -2.04. The molecule has 1 aromatic heterocycles. The van der Waals surface area contributed by atoms with Crippen LogP contribution in [-0.4, -0.2) is 14.7 Å². The SMILES string of the molecule is CCc1nnsc1C(O)Cc1cc(F)ccc1C. The number of nitrogens with zero attached hydrogens (tertiary/aromatic N) is 2. The molecule has 0 radical (unpaired) electrons. The van der Waals surface area contributed by atoms with Gasteiger partial charge in [0.15, 0.2) is 0 Å². The standard InChI is InChI=1S/C13H15FN2OS/c1-3-11-13(18-16-15-11)12(17)7-9-6-10(14)5-4-8(9)2/h4-6,12,17H,3,7H2,1-2H3. The Morgan fingerprint density at radius 3 is 2.94 bits per heavy atom. The average molecular weight is 266 g/mol. The van der Waals surface area contributed by atoms with Crippen LogP contribution in [0.2, 0.25) is 0 Å². The van der Waals surface area contributed by atoms with Gasteiger partial charge in [-0.15, -0.1) is 5.10 Å². The summed E-state index contributed by atoms with van der Waals surface area (Å²) in [6.07, 6.45) is 0.464. The van der Waals surface area contributed by atoms with Crippen LogP contribution in [0.5, 0.6) is 0 Å². The summed E-state index contributed by atoms with van der Waals surface area (Å²) >= 11 is 1.21. The van der Waals surface area contributed by atoms with Gasteiger partial charge < -0.3 is 5.11 Å². The van der Waals surface area contributed by atoms with Gasteiger partial charge in [-0.05, 0) is 48.1 Å². The van der Waals surface area contributed by atoms with Crippen LogP contribution in [0.1, 0.15) is 34.7 Å². The van der Waals surface area contributed by atoms with Crippen LogP contribution >= 0.6 is 11.5 Å². The van der Waals surface area contributed by atoms with Crippen molar-refractivity contribution >= 4 is 11.5 Å². The molecule has 2 rings (SSSR count). The monoisotopic (exact) mass is 266 g/mol. The summed E-state index contributed by atoms with van der Waals surface area (Å²) in [5.41, 5.74) is 2.62. The van der Waals surface area contributed by atoms with E-state index in [0.717, 1.165) is 28.1 Å². The number of aliphatic hydroxyl groups excluding tert-OH is 1. The number of benzene rings is 1. The Balaban J connectivity index is 2.21. The van der Waals surface area contributed by atoms with Crippen LogP contribution in [0, 0.1) is 12.7 Å². The fourth-order valence-electron chi connectivity index (χ4n) is 1.87. The molecule has 96 valence electrons. The lowest BCUT2D eigenvalue weighted by Gasteiger charge is -2.11. The summed E-state index contributed by atoms with van der Waals surface area (Å²) in [5.74, 6) is -0.277. The zero-order valence-corrected chi connectivity index (χ0v) is 11.2. The topological polar surface area (TPSA) is 46.0 Å². The van der Waals surface area contributed by atoms with Gasteiger partial charge >= 0.3 is 0 Å². The van der Waals surface area contributed by atoms with E-state index in [4.69, 9.17) is 0 Å². The third-order valence-corrected chi connectivity index (χ3v) is 3.81. The van der Waals surface area contributed by atoms with Gasteiger partial charge in [0.05, 0.1) is 16.7 Å². The van der Waals surface area contributed by atoms with E-state index in [-0.39, 0.29) is 5.82 Å². The summed E-state index contributed by atoms with van der Waals surface area (Å²) in [6.45, 7) is 3.88. The van der Waals surface area contributed by atoms with Crippen molar-refractivity contribution in [1.29, 1.82) is 0 Å². The Bertz CT molecular complexity index is 542. The molecular formula is C13H15FN2OS. The first kappa shape index (κ1) is 13.1. The zero-order valence-electron chi connectivity index (χ0n) is 10.4. The Morgan fingerprint density at radius 2 is 2.22 bits per heavy atom. The van der Waals surface area contributed by atoms with Gasteiger partial charge in [0.25, 0.3) is 0 Å². The van der Waals surface area contributed by atoms with E-state index in [0.29, 0.717) is 6.42 Å². The van der Waals surface area contributed by atoms with E-state index in [1.54, 1.807) is 6.07 Å². The summed E-state index contributed by atoms with van der Waals surface area (Å²) in [5, 5.41) is 14.2. The maximum atomic E-state index is 13.2. The number of rotatable bonds is 4. The molecule has 0 spiro atoms. The first-order valence-electron chi connectivity index (χ1n) is 5.86. The molecule has 0 saturated heterocycles. The van der Waals surface area contributed by atoms with Gasteiger partial charge in [0.1, 0.15) is 5.82 Å². The maximum absolute atomic E-state index is 13.2. The molecule has 5 heteroatoms. The van der Waals surface area contributed by atoms with Crippen molar-refractivity contribution in [1.82, 2.24) is 9.59 Å². The molecule has 3 nitrogen and oxygen atoms in total. The number of aryl methyl sites for hydroxylation is 2. The minimum Gasteiger partial charge on any atom is -0.387 e. The van der Waals surface area contributed by atoms with E-state index in [1.165, 1.54) is 23.7 Å². The Labute approximate surface area is 109 Å². The van der Waals surface area contributed by atoms with Gasteiger partial charge in [-0.2, -0.15) is 0 Å². The van der Waals surface area contributed by atoms with Crippen molar-refractivity contribution in [2.75, 3.05) is 0 Å². The van der Waals surface area contributed by atoms with Gasteiger partial charge in [-0.25, -0.2) is 4.39 Å². The molecule has 18 heavy (non-hydrogen) atoms. The fourth-order valence-corrected chi connectivity index (χ4v) is 2.60. The zero-order chi connectivity index (χ0) is 13.1. The molecule has 1 heterocycles. The molecule has 0 amide bonds. The van der Waals surface area contributed by atoms with Crippen LogP contribution in [-0.2, 0) is 12.8 Å². The van der Waals surface area contributed by atoms with Crippen molar-refractivity contribution < 1.29 is 9.50 Å². The van der Waals surface area contributed by atoms with Crippen LogP contribution in [0.15, 0.2) is 18.2 Å². The molecule has 0 saturated carbocycles. The normalized spacial score (nSPS) is 12.7. The number of hydrogen-bond acceptors (Lipinski definition) is 4. The number of hydrogen-bond donors (Lipinski definition) is 1. The molecule has 1 unspecified atom stereocenters. The molecular weight excluding hydrogens is 251 g/mol. The number of aromatic nitrogens is 2. The number of halogens is 1. The largest absolute Gasteiger partial charge is 0.387 e. The lowest BCUT2D eigenvalue weighted by atomic mass is 10.0. The highest BCUT2D eigenvalue weighted by molar-refractivity contribution is 7.05. The Morgan fingerprint density at radius 1 is 1.44 bits per heavy atom. The highest BCUT2D eigenvalue weighted by Gasteiger charge is 2.17. The summed E-state index contributed by atoms with van der Waals surface area (Å²) < 4.78 is 17.0. The highest BCUT2D eigenvalue weighted by Crippen LogP contribution is 2.25. The van der Waals surface area contributed by atoms with E-state index in [9.17, 15) is 9.50 Å². The quantitative estimate of drug-likeness (QED) is 0.925. The highest BCUT2D eigenvalue weighted by atomic mass is 32.1. The van der Waals surface area contributed by atoms with Crippen molar-refractivity contribution in [3.05, 3.63) is 45.7 Å². The lowest BCUT2D eigenvalue weighted by molar-refractivity contribution is 0.180. The van der Waals surface area contributed by atoms with E-state index in [2.05, 4.69) is 9.59 Å². The fraction of sp³-hybridized carbons (Fsp3) is 0.385. The minimum atomic E-state index is -0.666. The summed E-state index contributed by atoms with van der Waals surface area (Å²) in [4.78, 5) is 0.779. The summed E-state index contributed by atoms with van der Waals surface area (Å²) in [7, 11) is 0. The average Bonchev–Trinajstić information content (AvgIpc) is 2.82. The number of aliphatic hydroxyl groups is 1. The van der Waals surface area contributed by atoms with E-state index in [1.807, 2.05) is 13.8 Å². The first-order chi connectivity index (χ1) is 8.61. The maximum Gasteiger partial charge on any atom is 0.123 e. The second-order valence-corrected chi connectivity index (χ2v) is 5.01. The molecule has 1 aromatic carbocycles. The van der Waals surface area contributed by atoms with Gasteiger partial charge in [0, 0.05) is 6.42 Å². The third kappa shape index (κ3) is 2.73. The van der Waals surface area contributed by atoms with Crippen LogP contribution in [0.3, 0.4) is 0 Å². The molecule has 0 aliphatic carbocycles. The first-order valence-corrected chi connectivity index (χ1v) is 6.63. The minimum absolute atomic E-state index is 0.277. The van der Waals surface area contributed by atoms with Crippen LogP contribution in [0.4, 0.5) is 4.39 Å². The van der Waals surface area contributed by atoms with Gasteiger partial charge in [-0.1, -0.05) is 17.5 Å². The smallest absolute Gasteiger partial charge is 0.123 e. The van der Waals surface area contributed by atoms with E-state index >= 15 is 0 Å². The van der Waals surface area contributed by atoms with Crippen molar-refractivity contribution in [2.45, 2.75) is 32.8 Å². The van der Waals surface area contributed by atoms with Crippen LogP contribution in [0.25, 0.3) is 0 Å². The van der Waals surface area contributed by atoms with Crippen molar-refractivity contribution in [3.63, 3.8) is 0 Å². The predicted molar refractivity (Wildman–Crippen MR) is 69.1 cm³/mol. The summed E-state index contributed by atoms with van der Waals surface area (Å²) in [6, 6.07) is 4.62. The second kappa shape index (κ2) is 5.54. The molecule has 0 bridgehead atoms. The molecule has 0 aliphatic rings. The van der Waals surface area contributed by atoms with Gasteiger partial charge in [0.2, 0.25) is 0 Å². The Hall–Kier alpha value is -1.33. The van der Waals surface area contributed by atoms with Gasteiger partial charge in [-0.3, -0.25) is 0 Å². The second-order valence-electron chi connectivity index (χ2n) is 4.23.